The first-order valence-corrected chi connectivity index (χ1v) is 10.3. The molecule has 0 spiro atoms. The second-order valence-corrected chi connectivity index (χ2v) is 8.06. The lowest BCUT2D eigenvalue weighted by atomic mass is 10.0. The topological polar surface area (TPSA) is 155 Å². The summed E-state index contributed by atoms with van der Waals surface area (Å²) in [6.45, 7) is 2.53. The highest BCUT2D eigenvalue weighted by Gasteiger charge is 2.27. The number of anilines is 1. The molecule has 0 saturated carbocycles. The zero-order valence-electron chi connectivity index (χ0n) is 18.4. The molecule has 0 bridgehead atoms. The number of nitrogens with one attached hydrogen (secondary N) is 2. The van der Waals surface area contributed by atoms with Gasteiger partial charge in [-0.3, -0.25) is 4.79 Å². The van der Waals surface area contributed by atoms with Gasteiger partial charge >= 0.3 is 0 Å². The quantitative estimate of drug-likeness (QED) is 0.355. The van der Waals surface area contributed by atoms with Crippen LogP contribution in [0.25, 0.3) is 16.9 Å². The normalized spacial score (nSPS) is 12.3. The largest absolute Gasteiger partial charge is 0.451 e. The minimum atomic E-state index is -1.66. The summed E-state index contributed by atoms with van der Waals surface area (Å²) in [4.78, 5) is 25.5. The lowest BCUT2D eigenvalue weighted by Crippen LogP contribution is -2.42. The van der Waals surface area contributed by atoms with E-state index in [1.165, 1.54) is 43.6 Å². The fourth-order valence-electron chi connectivity index (χ4n) is 3.08. The average Bonchev–Trinajstić information content (AvgIpc) is 3.49. The molecule has 0 aliphatic heterocycles. The third-order valence-corrected chi connectivity index (χ3v) is 5.04. The first-order valence-electron chi connectivity index (χ1n) is 10.3. The molecule has 1 unspecified atom stereocenters. The Morgan fingerprint density at radius 3 is 2.82 bits per heavy atom. The van der Waals surface area contributed by atoms with Gasteiger partial charge in [-0.05, 0) is 19.9 Å². The van der Waals surface area contributed by atoms with E-state index in [1.807, 2.05) is 6.07 Å². The molecule has 0 fully saturated rings. The van der Waals surface area contributed by atoms with Crippen molar-refractivity contribution < 1.29 is 18.7 Å². The summed E-state index contributed by atoms with van der Waals surface area (Å²) in [6.07, 6.45) is 5.43. The highest BCUT2D eigenvalue weighted by molar-refractivity contribution is 5.99. The summed E-state index contributed by atoms with van der Waals surface area (Å²) in [6, 6.07) is 5.29. The summed E-state index contributed by atoms with van der Waals surface area (Å²) < 4.78 is 20.6. The minimum absolute atomic E-state index is 0.159. The van der Waals surface area contributed by atoms with Crippen LogP contribution in [0.5, 0.6) is 0 Å². The SMILES string of the molecule is CC(C)(O)C(F)CNC(=O)c1cnc(-n2ncc3cc(C#N)cnc32)cc1NCc1cocn1. The van der Waals surface area contributed by atoms with Crippen LogP contribution in [0.3, 0.4) is 0 Å². The number of hydrogen-bond acceptors (Lipinski definition) is 9. The van der Waals surface area contributed by atoms with E-state index in [0.717, 1.165) is 0 Å². The van der Waals surface area contributed by atoms with Crippen molar-refractivity contribution in [1.29, 1.82) is 5.26 Å². The summed E-state index contributed by atoms with van der Waals surface area (Å²) >= 11 is 0. The number of amides is 1. The number of carbonyl (C=O) groups excluding carboxylic acids is 1. The molecule has 4 heterocycles. The lowest BCUT2D eigenvalue weighted by Gasteiger charge is -2.22. The number of aromatic nitrogens is 5. The van der Waals surface area contributed by atoms with Crippen LogP contribution in [-0.4, -0.2) is 54.1 Å². The number of aliphatic hydroxyl groups is 1. The third kappa shape index (κ3) is 4.84. The number of rotatable bonds is 8. The number of halogens is 1. The number of pyridine rings is 2. The van der Waals surface area contributed by atoms with Crippen LogP contribution in [0.15, 0.2) is 47.8 Å². The molecule has 4 aromatic rings. The number of fused-ring (bicyclic) bond motifs is 1. The van der Waals surface area contributed by atoms with Crippen molar-refractivity contribution in [3.63, 3.8) is 0 Å². The van der Waals surface area contributed by atoms with E-state index in [-0.39, 0.29) is 18.7 Å². The van der Waals surface area contributed by atoms with E-state index >= 15 is 0 Å². The van der Waals surface area contributed by atoms with Crippen LogP contribution in [0.4, 0.5) is 10.1 Å². The predicted octanol–water partition coefficient (Wildman–Crippen LogP) is 2.13. The van der Waals surface area contributed by atoms with Crippen molar-refractivity contribution in [3.05, 3.63) is 60.2 Å². The highest BCUT2D eigenvalue weighted by atomic mass is 19.1. The molecule has 0 aliphatic rings. The van der Waals surface area contributed by atoms with Crippen LogP contribution in [-0.2, 0) is 6.54 Å². The molecule has 4 aromatic heterocycles. The molecule has 1 amide bonds. The standard InChI is InChI=1S/C22H21FN8O3/c1-22(2,33)18(23)10-28-21(32)16-9-26-19(4-17(16)25-8-15-11-34-12-29-15)31-20-14(7-30-31)3-13(5-24)6-27-20/h3-4,6-7,9,11-12,18,33H,8,10H2,1-2H3,(H,25,26)(H,28,32). The highest BCUT2D eigenvalue weighted by Crippen LogP contribution is 2.22. The molecule has 4 rings (SSSR count). The van der Waals surface area contributed by atoms with E-state index in [2.05, 4.69) is 30.7 Å². The summed E-state index contributed by atoms with van der Waals surface area (Å²) in [5.41, 5.74) is 0.442. The zero-order chi connectivity index (χ0) is 24.3. The Balaban J connectivity index is 1.65. The van der Waals surface area contributed by atoms with Gasteiger partial charge in [0.1, 0.15) is 18.5 Å². The summed E-state index contributed by atoms with van der Waals surface area (Å²) in [7, 11) is 0. The van der Waals surface area contributed by atoms with Crippen molar-refractivity contribution in [2.75, 3.05) is 11.9 Å². The maximum absolute atomic E-state index is 14.1. The van der Waals surface area contributed by atoms with Crippen LogP contribution < -0.4 is 10.6 Å². The van der Waals surface area contributed by atoms with Gasteiger partial charge in [0.05, 0.1) is 47.4 Å². The number of alkyl halides is 1. The Morgan fingerprint density at radius 2 is 2.12 bits per heavy atom. The van der Waals surface area contributed by atoms with Gasteiger partial charge in [-0.2, -0.15) is 15.0 Å². The fourth-order valence-corrected chi connectivity index (χ4v) is 3.08. The molecule has 12 heteroatoms. The summed E-state index contributed by atoms with van der Waals surface area (Å²) in [5, 5.41) is 29.4. The number of oxazole rings is 1. The maximum atomic E-state index is 14.1. The van der Waals surface area contributed by atoms with Gasteiger partial charge < -0.3 is 20.2 Å². The molecular formula is C22H21FN8O3. The zero-order valence-corrected chi connectivity index (χ0v) is 18.4. The minimum Gasteiger partial charge on any atom is -0.451 e. The Hall–Kier alpha value is -4.37. The maximum Gasteiger partial charge on any atom is 0.255 e. The monoisotopic (exact) mass is 464 g/mol. The fraction of sp³-hybridized carbons (Fsp3) is 0.273. The van der Waals surface area contributed by atoms with E-state index in [1.54, 1.807) is 18.3 Å². The molecular weight excluding hydrogens is 443 g/mol. The van der Waals surface area contributed by atoms with Gasteiger partial charge in [-0.1, -0.05) is 0 Å². The number of carbonyl (C=O) groups is 1. The van der Waals surface area contributed by atoms with Gasteiger partial charge in [-0.15, -0.1) is 0 Å². The van der Waals surface area contributed by atoms with Crippen molar-refractivity contribution in [1.82, 2.24) is 30.0 Å². The number of nitriles is 1. The van der Waals surface area contributed by atoms with Crippen LogP contribution in [0.1, 0.15) is 35.5 Å². The molecule has 0 saturated heterocycles. The van der Waals surface area contributed by atoms with E-state index in [0.29, 0.717) is 33.8 Å². The van der Waals surface area contributed by atoms with Crippen LogP contribution in [0.2, 0.25) is 0 Å². The molecule has 174 valence electrons. The van der Waals surface area contributed by atoms with E-state index < -0.39 is 17.7 Å². The van der Waals surface area contributed by atoms with Crippen LogP contribution >= 0.6 is 0 Å². The molecule has 34 heavy (non-hydrogen) atoms. The third-order valence-electron chi connectivity index (χ3n) is 5.04. The predicted molar refractivity (Wildman–Crippen MR) is 119 cm³/mol. The van der Waals surface area contributed by atoms with Gasteiger partial charge in [0, 0.05) is 23.8 Å². The second-order valence-electron chi connectivity index (χ2n) is 8.06. The summed E-state index contributed by atoms with van der Waals surface area (Å²) in [5.74, 6) is -0.206. The van der Waals surface area contributed by atoms with E-state index in [4.69, 9.17) is 9.68 Å². The van der Waals surface area contributed by atoms with Crippen molar-refractivity contribution >= 4 is 22.6 Å². The Morgan fingerprint density at radius 1 is 1.29 bits per heavy atom. The van der Waals surface area contributed by atoms with Gasteiger partial charge in [0.2, 0.25) is 0 Å². The molecule has 0 aliphatic carbocycles. The van der Waals surface area contributed by atoms with Crippen LogP contribution in [0, 0.1) is 11.3 Å². The number of hydrogen-bond donors (Lipinski definition) is 3. The van der Waals surface area contributed by atoms with Gasteiger partial charge in [0.15, 0.2) is 17.9 Å². The molecule has 0 aromatic carbocycles. The van der Waals surface area contributed by atoms with Gasteiger partial charge in [0.25, 0.3) is 5.91 Å². The molecule has 11 nitrogen and oxygen atoms in total. The Bertz CT molecular complexity index is 1350. The van der Waals surface area contributed by atoms with Crippen molar-refractivity contribution in [3.8, 4) is 11.9 Å². The molecule has 1 atom stereocenters. The van der Waals surface area contributed by atoms with E-state index in [9.17, 15) is 14.3 Å². The first kappa shape index (κ1) is 22.8. The lowest BCUT2D eigenvalue weighted by molar-refractivity contribution is -0.00177. The average molecular weight is 464 g/mol. The smallest absolute Gasteiger partial charge is 0.255 e. The van der Waals surface area contributed by atoms with Crippen molar-refractivity contribution in [2.24, 2.45) is 0 Å². The van der Waals surface area contributed by atoms with Gasteiger partial charge in [-0.25, -0.2) is 19.3 Å². The Kier molecular flexibility index (Phi) is 6.20. The first-order chi connectivity index (χ1) is 16.3. The van der Waals surface area contributed by atoms with Crippen molar-refractivity contribution in [2.45, 2.75) is 32.2 Å². The Labute approximate surface area is 193 Å². The molecule has 3 N–H and O–H groups in total. The molecule has 0 radical (unpaired) electrons. The second kappa shape index (κ2) is 9.24. The number of nitrogens with zero attached hydrogens (tertiary/aromatic N) is 6.